The monoisotopic (exact) mass is 431 g/mol. The van der Waals surface area contributed by atoms with Gasteiger partial charge in [0.1, 0.15) is 11.6 Å². The van der Waals surface area contributed by atoms with Crippen LogP contribution < -0.4 is 10.2 Å². The summed E-state index contributed by atoms with van der Waals surface area (Å²) in [6, 6.07) is 2.55. The lowest BCUT2D eigenvalue weighted by Crippen LogP contribution is -2.47. The van der Waals surface area contributed by atoms with Gasteiger partial charge in [-0.25, -0.2) is 9.97 Å². The minimum atomic E-state index is -0.0695. The Morgan fingerprint density at radius 2 is 1.84 bits per heavy atom. The number of nitrogens with zero attached hydrogens (tertiary/aromatic N) is 4. The molecule has 0 bridgehead atoms. The Morgan fingerprint density at radius 3 is 2.45 bits per heavy atom. The van der Waals surface area contributed by atoms with E-state index in [-0.39, 0.29) is 5.41 Å². The molecular formula is C24H41N5O2. The van der Waals surface area contributed by atoms with E-state index < -0.39 is 0 Å². The van der Waals surface area contributed by atoms with E-state index >= 15 is 0 Å². The molecule has 0 spiro atoms. The van der Waals surface area contributed by atoms with E-state index in [0.717, 1.165) is 75.1 Å². The minimum Gasteiger partial charge on any atom is -0.384 e. The fourth-order valence-corrected chi connectivity index (χ4v) is 4.59. The van der Waals surface area contributed by atoms with Gasteiger partial charge in [-0.05, 0) is 44.6 Å². The highest BCUT2D eigenvalue weighted by Gasteiger charge is 2.25. The van der Waals surface area contributed by atoms with Gasteiger partial charge in [0, 0.05) is 62.9 Å². The molecule has 1 saturated heterocycles. The zero-order valence-corrected chi connectivity index (χ0v) is 19.9. The van der Waals surface area contributed by atoms with Crippen LogP contribution in [0.3, 0.4) is 0 Å². The Balaban J connectivity index is 1.50. The smallest absolute Gasteiger partial charge is 0.207 e. The molecule has 1 aromatic rings. The normalized spacial score (nSPS) is 23.0. The second-order valence-electron chi connectivity index (χ2n) is 10.2. The van der Waals surface area contributed by atoms with Crippen LogP contribution in [0.5, 0.6) is 0 Å². The van der Waals surface area contributed by atoms with Crippen molar-refractivity contribution in [3.05, 3.63) is 17.6 Å². The van der Waals surface area contributed by atoms with Crippen LogP contribution in [-0.4, -0.2) is 73.8 Å². The van der Waals surface area contributed by atoms with E-state index in [9.17, 15) is 4.79 Å². The molecule has 2 heterocycles. The molecular weight excluding hydrogens is 390 g/mol. The molecule has 0 aromatic carbocycles. The fourth-order valence-electron chi connectivity index (χ4n) is 4.59. The molecule has 174 valence electrons. The van der Waals surface area contributed by atoms with E-state index in [2.05, 4.69) is 42.0 Å². The van der Waals surface area contributed by atoms with E-state index in [4.69, 9.17) is 14.7 Å². The van der Waals surface area contributed by atoms with E-state index in [1.807, 2.05) is 0 Å². The van der Waals surface area contributed by atoms with Crippen molar-refractivity contribution in [1.82, 2.24) is 20.2 Å². The number of rotatable bonds is 9. The SMILES string of the molecule is COCCc1cc(N2CCN(CCC3CCC(NC=O)CC3)CC2)nc(C(C)(C)C)n1. The zero-order chi connectivity index (χ0) is 22.3. The largest absolute Gasteiger partial charge is 0.384 e. The van der Waals surface area contributed by atoms with Gasteiger partial charge >= 0.3 is 0 Å². The standard InChI is InChI=1S/C24H41N5O2/c1-24(2,3)23-26-21(10-16-31-4)17-22(27-23)29-14-12-28(13-15-29)11-9-19-5-7-20(8-6-19)25-18-30/h17-20H,5-16H2,1-4H3,(H,25,30). The number of piperazine rings is 1. The van der Waals surface area contributed by atoms with Crippen LogP contribution in [0, 0.1) is 5.92 Å². The average Bonchev–Trinajstić information content (AvgIpc) is 2.77. The van der Waals surface area contributed by atoms with Gasteiger partial charge in [0.15, 0.2) is 0 Å². The topological polar surface area (TPSA) is 70.6 Å². The second kappa shape index (κ2) is 11.2. The summed E-state index contributed by atoms with van der Waals surface area (Å²) in [6.45, 7) is 12.6. The molecule has 1 saturated carbocycles. The summed E-state index contributed by atoms with van der Waals surface area (Å²) >= 11 is 0. The maximum Gasteiger partial charge on any atom is 0.207 e. The van der Waals surface area contributed by atoms with Crippen molar-refractivity contribution in [2.45, 2.75) is 70.8 Å². The van der Waals surface area contributed by atoms with Crippen LogP contribution in [0.2, 0.25) is 0 Å². The molecule has 7 nitrogen and oxygen atoms in total. The van der Waals surface area contributed by atoms with Crippen LogP contribution in [0.4, 0.5) is 5.82 Å². The van der Waals surface area contributed by atoms with Gasteiger partial charge in [-0.15, -0.1) is 0 Å². The molecule has 3 rings (SSSR count). The lowest BCUT2D eigenvalue weighted by Gasteiger charge is -2.37. The molecule has 2 aliphatic rings. The molecule has 0 unspecified atom stereocenters. The Kier molecular flexibility index (Phi) is 8.67. The van der Waals surface area contributed by atoms with Crippen molar-refractivity contribution >= 4 is 12.2 Å². The summed E-state index contributed by atoms with van der Waals surface area (Å²) in [5, 5.41) is 2.95. The molecule has 1 N–H and O–H groups in total. The highest BCUT2D eigenvalue weighted by atomic mass is 16.5. The lowest BCUT2D eigenvalue weighted by molar-refractivity contribution is -0.110. The van der Waals surface area contributed by atoms with Crippen molar-refractivity contribution < 1.29 is 9.53 Å². The number of carbonyl (C=O) groups is 1. The van der Waals surface area contributed by atoms with Gasteiger partial charge in [0.2, 0.25) is 6.41 Å². The van der Waals surface area contributed by atoms with Crippen molar-refractivity contribution in [3.63, 3.8) is 0 Å². The summed E-state index contributed by atoms with van der Waals surface area (Å²) in [4.78, 5) is 25.4. The van der Waals surface area contributed by atoms with Crippen molar-refractivity contribution in [3.8, 4) is 0 Å². The van der Waals surface area contributed by atoms with E-state index in [1.54, 1.807) is 7.11 Å². The first-order chi connectivity index (χ1) is 14.9. The predicted molar refractivity (Wildman–Crippen MR) is 125 cm³/mol. The molecule has 2 fully saturated rings. The van der Waals surface area contributed by atoms with Crippen molar-refractivity contribution in [1.29, 1.82) is 0 Å². The van der Waals surface area contributed by atoms with Crippen LogP contribution in [0.25, 0.3) is 0 Å². The Bertz CT molecular complexity index is 690. The third-order valence-electron chi connectivity index (χ3n) is 6.70. The molecule has 1 aromatic heterocycles. The molecule has 1 amide bonds. The van der Waals surface area contributed by atoms with Gasteiger partial charge in [-0.1, -0.05) is 20.8 Å². The molecule has 7 heteroatoms. The zero-order valence-electron chi connectivity index (χ0n) is 19.9. The molecule has 0 atom stereocenters. The highest BCUT2D eigenvalue weighted by molar-refractivity contribution is 5.46. The summed E-state index contributed by atoms with van der Waals surface area (Å²) in [7, 11) is 1.74. The number of anilines is 1. The van der Waals surface area contributed by atoms with E-state index in [0.29, 0.717) is 12.6 Å². The van der Waals surface area contributed by atoms with Crippen molar-refractivity contribution in [2.75, 3.05) is 51.3 Å². The first-order valence-electron chi connectivity index (χ1n) is 11.9. The second-order valence-corrected chi connectivity index (χ2v) is 10.2. The Labute approximate surface area is 188 Å². The van der Waals surface area contributed by atoms with E-state index in [1.165, 1.54) is 25.8 Å². The van der Waals surface area contributed by atoms with Crippen LogP contribution >= 0.6 is 0 Å². The number of aromatic nitrogens is 2. The van der Waals surface area contributed by atoms with Gasteiger partial charge in [-0.2, -0.15) is 0 Å². The van der Waals surface area contributed by atoms with Crippen LogP contribution in [0.1, 0.15) is 64.4 Å². The minimum absolute atomic E-state index is 0.0695. The van der Waals surface area contributed by atoms with Gasteiger partial charge < -0.3 is 15.0 Å². The van der Waals surface area contributed by atoms with Crippen LogP contribution in [0.15, 0.2) is 6.07 Å². The first kappa shape index (κ1) is 23.9. The quantitative estimate of drug-likeness (QED) is 0.607. The summed E-state index contributed by atoms with van der Waals surface area (Å²) < 4.78 is 5.27. The maximum atomic E-state index is 10.6. The predicted octanol–water partition coefficient (Wildman–Crippen LogP) is 2.78. The highest BCUT2D eigenvalue weighted by Crippen LogP contribution is 2.27. The first-order valence-corrected chi connectivity index (χ1v) is 11.9. The number of carbonyl (C=O) groups excluding carboxylic acids is 1. The molecule has 1 aliphatic carbocycles. The fraction of sp³-hybridized carbons (Fsp3) is 0.792. The Morgan fingerprint density at radius 1 is 1.13 bits per heavy atom. The number of nitrogens with one attached hydrogen (secondary N) is 1. The van der Waals surface area contributed by atoms with Gasteiger partial charge in [-0.3, -0.25) is 9.69 Å². The number of hydrogen-bond donors (Lipinski definition) is 1. The van der Waals surface area contributed by atoms with Gasteiger partial charge in [0.05, 0.1) is 6.61 Å². The molecule has 31 heavy (non-hydrogen) atoms. The van der Waals surface area contributed by atoms with Crippen LogP contribution in [-0.2, 0) is 21.4 Å². The molecule has 1 aliphatic heterocycles. The van der Waals surface area contributed by atoms with Gasteiger partial charge in [0.25, 0.3) is 0 Å². The molecule has 0 radical (unpaired) electrons. The number of amides is 1. The third-order valence-corrected chi connectivity index (χ3v) is 6.70. The number of methoxy groups -OCH3 is 1. The summed E-state index contributed by atoms with van der Waals surface area (Å²) in [5.41, 5.74) is 0.999. The average molecular weight is 432 g/mol. The summed E-state index contributed by atoms with van der Waals surface area (Å²) in [6.07, 6.45) is 7.70. The number of ether oxygens (including phenoxy) is 1. The Hall–Kier alpha value is -1.73. The summed E-state index contributed by atoms with van der Waals surface area (Å²) in [5.74, 6) is 2.78. The maximum absolute atomic E-state index is 10.6. The van der Waals surface area contributed by atoms with Crippen molar-refractivity contribution in [2.24, 2.45) is 5.92 Å². The number of hydrogen-bond acceptors (Lipinski definition) is 6. The third kappa shape index (κ3) is 7.14. The lowest BCUT2D eigenvalue weighted by atomic mass is 9.84.